The summed E-state index contributed by atoms with van der Waals surface area (Å²) < 4.78 is 14.1. The zero-order valence-electron chi connectivity index (χ0n) is 17.0. The number of fused-ring (bicyclic) bond motifs is 1. The number of phenolic OH excluding ortho intramolecular Hbond substituents is 1. The molecule has 2 aliphatic rings. The average molecular weight is 418 g/mol. The number of aromatic nitrogens is 2. The zero-order chi connectivity index (χ0) is 21.4. The second-order valence-corrected chi connectivity index (χ2v) is 8.04. The lowest BCUT2D eigenvalue weighted by atomic mass is 9.82. The van der Waals surface area contributed by atoms with Gasteiger partial charge in [0, 0.05) is 44.7 Å². The van der Waals surface area contributed by atoms with E-state index in [0.717, 1.165) is 11.3 Å². The molecule has 1 atom stereocenters. The number of rotatable bonds is 3. The fraction of sp³-hybridized carbons (Fsp3) is 0.292. The molecule has 2 heterocycles. The molecular formula is C24H23FN4O2. The van der Waals surface area contributed by atoms with E-state index in [2.05, 4.69) is 9.88 Å². The van der Waals surface area contributed by atoms with E-state index >= 15 is 0 Å². The van der Waals surface area contributed by atoms with Gasteiger partial charge in [0.15, 0.2) is 5.78 Å². The Kier molecular flexibility index (Phi) is 5.02. The molecule has 3 aromatic rings. The number of piperazine rings is 1. The highest BCUT2D eigenvalue weighted by Gasteiger charge is 2.30. The maximum Gasteiger partial charge on any atom is 0.225 e. The summed E-state index contributed by atoms with van der Waals surface area (Å²) in [6.45, 7) is 2.68. The minimum atomic E-state index is -0.213. The molecule has 0 bridgehead atoms. The van der Waals surface area contributed by atoms with Crippen molar-refractivity contribution in [2.24, 2.45) is 0 Å². The second-order valence-electron chi connectivity index (χ2n) is 8.04. The third-order valence-electron chi connectivity index (χ3n) is 6.16. The molecule has 2 aromatic carbocycles. The maximum atomic E-state index is 14.1. The van der Waals surface area contributed by atoms with Gasteiger partial charge in [0.1, 0.15) is 11.6 Å². The summed E-state index contributed by atoms with van der Waals surface area (Å²) in [6.07, 6.45) is 2.56. The van der Waals surface area contributed by atoms with Gasteiger partial charge in [-0.15, -0.1) is 0 Å². The van der Waals surface area contributed by atoms with Gasteiger partial charge in [0.05, 0.1) is 16.9 Å². The second kappa shape index (κ2) is 7.98. The fourth-order valence-corrected chi connectivity index (χ4v) is 4.50. The summed E-state index contributed by atoms with van der Waals surface area (Å²) in [6, 6.07) is 14.0. The summed E-state index contributed by atoms with van der Waals surface area (Å²) in [7, 11) is 0. The summed E-state index contributed by atoms with van der Waals surface area (Å²) in [5.74, 6) is 0.502. The predicted octanol–water partition coefficient (Wildman–Crippen LogP) is 3.56. The molecule has 0 spiro atoms. The standard InChI is InChI=1S/C24H23FN4O2/c25-19-6-2-3-7-21(19)28-9-11-29(12-10-28)24-26-15-18-20(27-24)13-16(14-23(18)31)17-5-1-4-8-22(17)30/h1-8,15-16,30H,9-14H2/t16-/m1/s1. The third-order valence-corrected chi connectivity index (χ3v) is 6.16. The number of anilines is 2. The number of hydrogen-bond donors (Lipinski definition) is 1. The number of hydrogen-bond acceptors (Lipinski definition) is 6. The van der Waals surface area contributed by atoms with Crippen molar-refractivity contribution in [2.75, 3.05) is 36.0 Å². The molecule has 0 saturated carbocycles. The summed E-state index contributed by atoms with van der Waals surface area (Å²) in [5.41, 5.74) is 2.69. The van der Waals surface area contributed by atoms with Crippen LogP contribution in [0.4, 0.5) is 16.0 Å². The van der Waals surface area contributed by atoms with Crippen LogP contribution in [0.5, 0.6) is 5.75 Å². The minimum absolute atomic E-state index is 0.00502. The smallest absolute Gasteiger partial charge is 0.225 e. The van der Waals surface area contributed by atoms with Crippen LogP contribution in [-0.4, -0.2) is 47.0 Å². The lowest BCUT2D eigenvalue weighted by Gasteiger charge is -2.36. The normalized spacial score (nSPS) is 18.7. The van der Waals surface area contributed by atoms with Crippen molar-refractivity contribution in [3.63, 3.8) is 0 Å². The monoisotopic (exact) mass is 418 g/mol. The molecule has 6 nitrogen and oxygen atoms in total. The van der Waals surface area contributed by atoms with E-state index < -0.39 is 0 Å². The maximum absolute atomic E-state index is 14.1. The van der Waals surface area contributed by atoms with Gasteiger partial charge in [-0.3, -0.25) is 4.79 Å². The van der Waals surface area contributed by atoms with Gasteiger partial charge in [-0.1, -0.05) is 30.3 Å². The Bertz CT molecular complexity index is 1130. The molecule has 1 aromatic heterocycles. The Morgan fingerprint density at radius 2 is 1.65 bits per heavy atom. The topological polar surface area (TPSA) is 69.6 Å². The van der Waals surface area contributed by atoms with E-state index in [1.807, 2.05) is 23.1 Å². The largest absolute Gasteiger partial charge is 0.508 e. The number of carbonyl (C=O) groups excluding carboxylic acids is 1. The van der Waals surface area contributed by atoms with Crippen molar-refractivity contribution in [3.05, 3.63) is 77.4 Å². The van der Waals surface area contributed by atoms with Crippen molar-refractivity contribution >= 4 is 17.4 Å². The number of phenols is 1. The Labute approximate surface area is 180 Å². The molecule has 0 amide bonds. The van der Waals surface area contributed by atoms with Crippen molar-refractivity contribution in [3.8, 4) is 5.75 Å². The molecule has 1 aliphatic carbocycles. The Balaban J connectivity index is 1.34. The lowest BCUT2D eigenvalue weighted by molar-refractivity contribution is 0.0962. The van der Waals surface area contributed by atoms with E-state index in [9.17, 15) is 14.3 Å². The van der Waals surface area contributed by atoms with Gasteiger partial charge < -0.3 is 14.9 Å². The van der Waals surface area contributed by atoms with Crippen LogP contribution >= 0.6 is 0 Å². The van der Waals surface area contributed by atoms with Crippen molar-refractivity contribution in [1.29, 1.82) is 0 Å². The first-order valence-electron chi connectivity index (χ1n) is 10.5. The van der Waals surface area contributed by atoms with Crippen LogP contribution in [0.25, 0.3) is 0 Å². The molecule has 1 fully saturated rings. The molecule has 7 heteroatoms. The van der Waals surface area contributed by atoms with Crippen LogP contribution in [0.15, 0.2) is 54.7 Å². The Hall–Kier alpha value is -3.48. The van der Waals surface area contributed by atoms with Crippen LogP contribution < -0.4 is 9.80 Å². The molecule has 158 valence electrons. The highest BCUT2D eigenvalue weighted by molar-refractivity contribution is 5.98. The third kappa shape index (κ3) is 3.71. The predicted molar refractivity (Wildman–Crippen MR) is 116 cm³/mol. The van der Waals surface area contributed by atoms with Gasteiger partial charge in [0.25, 0.3) is 0 Å². The Morgan fingerprint density at radius 1 is 0.935 bits per heavy atom. The summed E-state index contributed by atoms with van der Waals surface area (Å²) in [5, 5.41) is 10.2. The van der Waals surface area contributed by atoms with E-state index in [4.69, 9.17) is 4.98 Å². The molecule has 5 rings (SSSR count). The first-order valence-corrected chi connectivity index (χ1v) is 10.5. The number of halogens is 1. The van der Waals surface area contributed by atoms with Crippen molar-refractivity contribution < 1.29 is 14.3 Å². The van der Waals surface area contributed by atoms with Crippen LogP contribution in [-0.2, 0) is 6.42 Å². The number of Topliss-reactive ketones (excluding diaryl/α,β-unsaturated/α-hetero) is 1. The number of para-hydroxylation sites is 2. The van der Waals surface area contributed by atoms with Gasteiger partial charge in [-0.05, 0) is 30.2 Å². The van der Waals surface area contributed by atoms with E-state index in [1.54, 1.807) is 30.5 Å². The average Bonchev–Trinajstić information content (AvgIpc) is 2.79. The lowest BCUT2D eigenvalue weighted by Crippen LogP contribution is -2.47. The number of ketones is 1. The molecule has 1 N–H and O–H groups in total. The van der Waals surface area contributed by atoms with E-state index in [0.29, 0.717) is 56.2 Å². The van der Waals surface area contributed by atoms with Crippen LogP contribution in [0, 0.1) is 5.82 Å². The quantitative estimate of drug-likeness (QED) is 0.702. The van der Waals surface area contributed by atoms with Crippen molar-refractivity contribution in [2.45, 2.75) is 18.8 Å². The first kappa shape index (κ1) is 19.5. The van der Waals surface area contributed by atoms with Crippen LogP contribution in [0.3, 0.4) is 0 Å². The summed E-state index contributed by atoms with van der Waals surface area (Å²) in [4.78, 5) is 26.0. The van der Waals surface area contributed by atoms with Crippen LogP contribution in [0.2, 0.25) is 0 Å². The first-order chi connectivity index (χ1) is 15.1. The van der Waals surface area contributed by atoms with E-state index in [1.165, 1.54) is 6.07 Å². The van der Waals surface area contributed by atoms with Gasteiger partial charge in [-0.2, -0.15) is 0 Å². The molecule has 1 saturated heterocycles. The summed E-state index contributed by atoms with van der Waals surface area (Å²) >= 11 is 0. The highest BCUT2D eigenvalue weighted by atomic mass is 19.1. The molecule has 0 radical (unpaired) electrons. The molecule has 1 aliphatic heterocycles. The number of nitrogens with zero attached hydrogens (tertiary/aromatic N) is 4. The van der Waals surface area contributed by atoms with Crippen molar-refractivity contribution in [1.82, 2.24) is 9.97 Å². The highest BCUT2D eigenvalue weighted by Crippen LogP contribution is 2.36. The number of aromatic hydroxyl groups is 1. The SMILES string of the molecule is O=C1C[C@H](c2ccccc2O)Cc2nc(N3CCN(c4ccccc4F)CC3)ncc21. The zero-order valence-corrected chi connectivity index (χ0v) is 17.0. The minimum Gasteiger partial charge on any atom is -0.508 e. The molecule has 31 heavy (non-hydrogen) atoms. The van der Waals surface area contributed by atoms with Gasteiger partial charge >= 0.3 is 0 Å². The van der Waals surface area contributed by atoms with Crippen LogP contribution in [0.1, 0.15) is 34.0 Å². The van der Waals surface area contributed by atoms with E-state index in [-0.39, 0.29) is 23.3 Å². The molecular weight excluding hydrogens is 395 g/mol. The Morgan fingerprint density at radius 3 is 2.42 bits per heavy atom. The van der Waals surface area contributed by atoms with Gasteiger partial charge in [0.2, 0.25) is 5.95 Å². The number of benzene rings is 2. The van der Waals surface area contributed by atoms with Gasteiger partial charge in [-0.25, -0.2) is 14.4 Å². The number of carbonyl (C=O) groups is 1. The molecule has 0 unspecified atom stereocenters. The fourth-order valence-electron chi connectivity index (χ4n) is 4.50.